The normalized spacial score (nSPS) is 14.8. The van der Waals surface area contributed by atoms with Gasteiger partial charge in [0.2, 0.25) is 5.95 Å². The van der Waals surface area contributed by atoms with Crippen molar-refractivity contribution >= 4 is 22.4 Å². The Kier molecular flexibility index (Phi) is 7.19. The molecule has 3 heterocycles. The van der Waals surface area contributed by atoms with Gasteiger partial charge in [0.1, 0.15) is 6.61 Å². The number of anilines is 2. The third-order valence-electron chi connectivity index (χ3n) is 5.54. The van der Waals surface area contributed by atoms with E-state index in [0.717, 1.165) is 32.0 Å². The monoisotopic (exact) mass is 477 g/mol. The number of benzene rings is 1. The van der Waals surface area contributed by atoms with Crippen molar-refractivity contribution in [1.82, 2.24) is 19.9 Å². The third-order valence-corrected chi connectivity index (χ3v) is 6.61. The van der Waals surface area contributed by atoms with Crippen LogP contribution in [0.2, 0.25) is 0 Å². The zero-order chi connectivity index (χ0) is 23.4. The van der Waals surface area contributed by atoms with Crippen molar-refractivity contribution in [1.29, 1.82) is 0 Å². The van der Waals surface area contributed by atoms with Gasteiger partial charge in [0, 0.05) is 17.1 Å². The summed E-state index contributed by atoms with van der Waals surface area (Å²) in [6, 6.07) is 1.15. The van der Waals surface area contributed by atoms with Gasteiger partial charge in [-0.25, -0.2) is 23.7 Å². The summed E-state index contributed by atoms with van der Waals surface area (Å²) in [4.78, 5) is 16.4. The summed E-state index contributed by atoms with van der Waals surface area (Å²) in [6.45, 7) is 1.80. The summed E-state index contributed by atoms with van der Waals surface area (Å²) in [6.07, 6.45) is 7.01. The number of nitrogens with one attached hydrogen (secondary N) is 1. The van der Waals surface area contributed by atoms with Crippen molar-refractivity contribution in [3.8, 4) is 17.2 Å². The van der Waals surface area contributed by atoms with E-state index in [2.05, 4.69) is 32.2 Å². The highest BCUT2D eigenvalue weighted by Gasteiger charge is 2.22. The molecule has 4 rings (SSSR count). The first kappa shape index (κ1) is 23.1. The van der Waals surface area contributed by atoms with Crippen molar-refractivity contribution in [2.75, 3.05) is 39.7 Å². The SMILES string of the molecule is COc1cc(OC)c(F)c(COc2cnc(Nc3ncc(C4CCN(C)CC4)s3)nc2)c1F. The van der Waals surface area contributed by atoms with Gasteiger partial charge in [-0.15, -0.1) is 11.3 Å². The molecule has 0 saturated carbocycles. The molecule has 0 amide bonds. The lowest BCUT2D eigenvalue weighted by Crippen LogP contribution is -2.28. The molecule has 0 aliphatic carbocycles. The van der Waals surface area contributed by atoms with E-state index < -0.39 is 11.6 Å². The molecule has 1 saturated heterocycles. The summed E-state index contributed by atoms with van der Waals surface area (Å²) in [5.74, 6) is -0.823. The zero-order valence-corrected chi connectivity index (χ0v) is 19.4. The Morgan fingerprint density at radius 3 is 2.27 bits per heavy atom. The predicted molar refractivity (Wildman–Crippen MR) is 121 cm³/mol. The molecule has 1 aliphatic rings. The van der Waals surface area contributed by atoms with Crippen molar-refractivity contribution in [2.24, 2.45) is 0 Å². The Balaban J connectivity index is 1.38. The van der Waals surface area contributed by atoms with Crippen LogP contribution in [0.15, 0.2) is 24.7 Å². The van der Waals surface area contributed by atoms with Crippen LogP contribution >= 0.6 is 11.3 Å². The fourth-order valence-electron chi connectivity index (χ4n) is 3.60. The molecule has 3 aromatic rings. The number of piperidine rings is 1. The second kappa shape index (κ2) is 10.3. The minimum atomic E-state index is -0.848. The Morgan fingerprint density at radius 2 is 1.67 bits per heavy atom. The number of halogens is 2. The average Bonchev–Trinajstić information content (AvgIpc) is 3.29. The molecule has 33 heavy (non-hydrogen) atoms. The first-order chi connectivity index (χ1) is 16.0. The van der Waals surface area contributed by atoms with Crippen LogP contribution < -0.4 is 19.5 Å². The molecule has 0 radical (unpaired) electrons. The number of thiazole rings is 1. The summed E-state index contributed by atoms with van der Waals surface area (Å²) in [5, 5.41) is 3.80. The number of nitrogens with zero attached hydrogens (tertiary/aromatic N) is 4. The minimum absolute atomic E-state index is 0.134. The molecule has 1 N–H and O–H groups in total. The molecule has 0 spiro atoms. The molecule has 2 aromatic heterocycles. The van der Waals surface area contributed by atoms with Crippen molar-refractivity contribution in [3.05, 3.63) is 46.7 Å². The van der Waals surface area contributed by atoms with Gasteiger partial charge in [-0.2, -0.15) is 0 Å². The van der Waals surface area contributed by atoms with Crippen LogP contribution in [0.4, 0.5) is 19.9 Å². The average molecular weight is 478 g/mol. The molecule has 0 atom stereocenters. The highest BCUT2D eigenvalue weighted by Crippen LogP contribution is 2.34. The lowest BCUT2D eigenvalue weighted by Gasteiger charge is -2.27. The molecule has 176 valence electrons. The first-order valence-electron chi connectivity index (χ1n) is 10.4. The molecule has 1 aliphatic heterocycles. The molecule has 1 fully saturated rings. The van der Waals surface area contributed by atoms with Crippen LogP contribution in [-0.4, -0.2) is 54.2 Å². The van der Waals surface area contributed by atoms with Crippen LogP contribution in [0, 0.1) is 11.6 Å². The molecule has 0 unspecified atom stereocenters. The van der Waals surface area contributed by atoms with Crippen LogP contribution in [0.3, 0.4) is 0 Å². The summed E-state index contributed by atoms with van der Waals surface area (Å²) in [7, 11) is 4.72. The second-order valence-electron chi connectivity index (χ2n) is 7.69. The van der Waals surface area contributed by atoms with Gasteiger partial charge in [0.05, 0.1) is 32.2 Å². The number of ether oxygens (including phenoxy) is 3. The molecule has 8 nitrogen and oxygen atoms in total. The minimum Gasteiger partial charge on any atom is -0.494 e. The quantitative estimate of drug-likeness (QED) is 0.513. The Bertz CT molecular complexity index is 1060. The summed E-state index contributed by atoms with van der Waals surface area (Å²) < 4.78 is 44.3. The van der Waals surface area contributed by atoms with Crippen LogP contribution in [0.5, 0.6) is 17.2 Å². The van der Waals surface area contributed by atoms with E-state index in [-0.39, 0.29) is 29.4 Å². The molecular weight excluding hydrogens is 452 g/mol. The number of methoxy groups -OCH3 is 2. The van der Waals surface area contributed by atoms with Gasteiger partial charge in [0.25, 0.3) is 0 Å². The van der Waals surface area contributed by atoms with Crippen LogP contribution in [0.1, 0.15) is 29.2 Å². The highest BCUT2D eigenvalue weighted by molar-refractivity contribution is 7.15. The predicted octanol–water partition coefficient (Wildman–Crippen LogP) is 4.36. The lowest BCUT2D eigenvalue weighted by atomic mass is 9.96. The van der Waals surface area contributed by atoms with E-state index in [9.17, 15) is 8.78 Å². The van der Waals surface area contributed by atoms with E-state index in [0.29, 0.717) is 17.0 Å². The molecule has 1 aromatic carbocycles. The van der Waals surface area contributed by atoms with E-state index >= 15 is 0 Å². The first-order valence-corrected chi connectivity index (χ1v) is 11.2. The van der Waals surface area contributed by atoms with Gasteiger partial charge < -0.3 is 24.4 Å². The van der Waals surface area contributed by atoms with Crippen molar-refractivity contribution < 1.29 is 23.0 Å². The Hall–Kier alpha value is -3.05. The van der Waals surface area contributed by atoms with Gasteiger partial charge in [-0.3, -0.25) is 0 Å². The maximum Gasteiger partial charge on any atom is 0.229 e. The van der Waals surface area contributed by atoms with Crippen molar-refractivity contribution in [2.45, 2.75) is 25.4 Å². The van der Waals surface area contributed by atoms with E-state index in [1.807, 2.05) is 6.20 Å². The van der Waals surface area contributed by atoms with Crippen molar-refractivity contribution in [3.63, 3.8) is 0 Å². The third kappa shape index (κ3) is 5.31. The highest BCUT2D eigenvalue weighted by atomic mass is 32.1. The van der Waals surface area contributed by atoms with E-state index in [1.54, 1.807) is 11.3 Å². The van der Waals surface area contributed by atoms with Gasteiger partial charge in [-0.05, 0) is 38.9 Å². The maximum atomic E-state index is 14.5. The summed E-state index contributed by atoms with van der Waals surface area (Å²) in [5.41, 5.74) is -0.308. The van der Waals surface area contributed by atoms with E-state index in [4.69, 9.17) is 14.2 Å². The maximum absolute atomic E-state index is 14.5. The Morgan fingerprint density at radius 1 is 1.03 bits per heavy atom. The Labute approximate surface area is 194 Å². The standard InChI is InChI=1S/C22H25F2N5O3S/c1-29-6-4-13(5-7-29)18-11-27-22(33-18)28-21-25-9-14(10-26-21)32-12-15-19(23)16(30-2)8-17(31-3)20(15)24/h8-11,13H,4-7,12H2,1-3H3,(H,25,26,27,28). The van der Waals surface area contributed by atoms with Gasteiger partial charge >= 0.3 is 0 Å². The fourth-order valence-corrected chi connectivity index (χ4v) is 4.57. The topological polar surface area (TPSA) is 81.6 Å². The van der Waals surface area contributed by atoms with Gasteiger partial charge in [-0.1, -0.05) is 0 Å². The smallest absolute Gasteiger partial charge is 0.229 e. The molecule has 11 heteroatoms. The fraction of sp³-hybridized carbons (Fsp3) is 0.409. The van der Waals surface area contributed by atoms with E-state index in [1.165, 1.54) is 31.5 Å². The zero-order valence-electron chi connectivity index (χ0n) is 18.6. The number of hydrogen-bond acceptors (Lipinski definition) is 9. The number of hydrogen-bond donors (Lipinski definition) is 1. The van der Waals surface area contributed by atoms with Crippen LogP contribution in [0.25, 0.3) is 0 Å². The molecule has 0 bridgehead atoms. The summed E-state index contributed by atoms with van der Waals surface area (Å²) >= 11 is 1.60. The number of aromatic nitrogens is 3. The lowest BCUT2D eigenvalue weighted by molar-refractivity contribution is 0.257. The van der Waals surface area contributed by atoms with Gasteiger partial charge in [0.15, 0.2) is 34.0 Å². The molecular formula is C22H25F2N5O3S. The number of likely N-dealkylation sites (tertiary alicyclic amines) is 1. The largest absolute Gasteiger partial charge is 0.494 e. The number of rotatable bonds is 8. The second-order valence-corrected chi connectivity index (χ2v) is 8.75. The van der Waals surface area contributed by atoms with Crippen LogP contribution in [-0.2, 0) is 6.61 Å².